The Morgan fingerprint density at radius 2 is 2.06 bits per heavy atom. The Kier molecular flexibility index (Phi) is 5.39. The van der Waals surface area contributed by atoms with Crippen molar-refractivity contribution in [1.29, 1.82) is 0 Å². The molecule has 0 saturated heterocycles. The predicted octanol–water partition coefficient (Wildman–Crippen LogP) is 4.21. The van der Waals surface area contributed by atoms with Gasteiger partial charge in [-0.05, 0) is 31.7 Å². The zero-order valence-electron chi connectivity index (χ0n) is 11.7. The highest BCUT2D eigenvalue weighted by atomic mass is 16.4. The molecule has 1 unspecified atom stereocenters. The molecule has 0 spiro atoms. The van der Waals surface area contributed by atoms with E-state index >= 15 is 0 Å². The molecule has 1 aromatic carbocycles. The van der Waals surface area contributed by atoms with Crippen molar-refractivity contribution in [3.05, 3.63) is 35.4 Å². The van der Waals surface area contributed by atoms with Crippen LogP contribution in [0.3, 0.4) is 0 Å². The molecule has 2 nitrogen and oxygen atoms in total. The summed E-state index contributed by atoms with van der Waals surface area (Å²) in [5, 5.41) is 9.58. The fourth-order valence-corrected chi connectivity index (χ4v) is 2.45. The van der Waals surface area contributed by atoms with Crippen LogP contribution in [0, 0.1) is 12.3 Å². The Morgan fingerprint density at radius 3 is 2.56 bits per heavy atom. The molecule has 100 valence electrons. The van der Waals surface area contributed by atoms with E-state index in [1.54, 1.807) is 0 Å². The monoisotopic (exact) mass is 248 g/mol. The van der Waals surface area contributed by atoms with Crippen LogP contribution in [0.5, 0.6) is 0 Å². The van der Waals surface area contributed by atoms with Crippen LogP contribution in [0.15, 0.2) is 24.3 Å². The van der Waals surface area contributed by atoms with Gasteiger partial charge in [-0.15, -0.1) is 0 Å². The Bertz CT molecular complexity index is 398. The number of aliphatic carboxylic acids is 1. The summed E-state index contributed by atoms with van der Waals surface area (Å²) in [5.74, 6) is -0.653. The fraction of sp³-hybridized carbons (Fsp3) is 0.562. The van der Waals surface area contributed by atoms with Gasteiger partial charge in [-0.2, -0.15) is 0 Å². The largest absolute Gasteiger partial charge is 0.481 e. The standard InChI is InChI=1S/C16H24O2/c1-4-6-10-16(5-2,15(17)18)12-14-9-7-8-13(3)11-14/h7-9,11H,4-6,10,12H2,1-3H3,(H,17,18). The van der Waals surface area contributed by atoms with Gasteiger partial charge in [0.05, 0.1) is 5.41 Å². The minimum absolute atomic E-state index is 0.593. The second-order valence-electron chi connectivity index (χ2n) is 5.21. The number of unbranched alkanes of at least 4 members (excludes halogenated alkanes) is 1. The van der Waals surface area contributed by atoms with E-state index in [1.807, 2.05) is 32.0 Å². The van der Waals surface area contributed by atoms with Gasteiger partial charge in [-0.1, -0.05) is 56.5 Å². The third kappa shape index (κ3) is 3.59. The van der Waals surface area contributed by atoms with Crippen LogP contribution < -0.4 is 0 Å². The molecule has 1 N–H and O–H groups in total. The average Bonchev–Trinajstić information content (AvgIpc) is 2.34. The SMILES string of the molecule is CCCCC(CC)(Cc1cccc(C)c1)C(=O)O. The van der Waals surface area contributed by atoms with E-state index in [0.29, 0.717) is 12.8 Å². The minimum atomic E-state index is -0.653. The molecule has 18 heavy (non-hydrogen) atoms. The molecule has 0 aromatic heterocycles. The Hall–Kier alpha value is -1.31. The molecular weight excluding hydrogens is 224 g/mol. The van der Waals surface area contributed by atoms with Crippen molar-refractivity contribution in [2.75, 3.05) is 0 Å². The number of hydrogen-bond acceptors (Lipinski definition) is 1. The number of aryl methyl sites for hydroxylation is 1. The van der Waals surface area contributed by atoms with Crippen LogP contribution in [0.4, 0.5) is 0 Å². The normalized spacial score (nSPS) is 14.2. The van der Waals surface area contributed by atoms with Crippen molar-refractivity contribution in [3.63, 3.8) is 0 Å². The predicted molar refractivity (Wildman–Crippen MR) is 74.8 cm³/mol. The lowest BCUT2D eigenvalue weighted by Crippen LogP contribution is -2.32. The first-order valence-corrected chi connectivity index (χ1v) is 6.83. The molecule has 0 saturated carbocycles. The van der Waals surface area contributed by atoms with E-state index in [1.165, 1.54) is 5.56 Å². The summed E-state index contributed by atoms with van der Waals surface area (Å²) >= 11 is 0. The second-order valence-corrected chi connectivity index (χ2v) is 5.21. The molecule has 0 radical (unpaired) electrons. The zero-order valence-corrected chi connectivity index (χ0v) is 11.7. The van der Waals surface area contributed by atoms with Crippen molar-refractivity contribution in [2.45, 2.75) is 52.9 Å². The summed E-state index contributed by atoms with van der Waals surface area (Å²) < 4.78 is 0. The summed E-state index contributed by atoms with van der Waals surface area (Å²) in [5.41, 5.74) is 1.73. The highest BCUT2D eigenvalue weighted by molar-refractivity contribution is 5.75. The van der Waals surface area contributed by atoms with E-state index < -0.39 is 11.4 Å². The first-order valence-electron chi connectivity index (χ1n) is 6.83. The number of carbonyl (C=O) groups is 1. The van der Waals surface area contributed by atoms with Crippen LogP contribution in [-0.2, 0) is 11.2 Å². The lowest BCUT2D eigenvalue weighted by molar-refractivity contribution is -0.149. The second kappa shape index (κ2) is 6.58. The maximum atomic E-state index is 11.6. The molecule has 0 amide bonds. The molecule has 0 aliphatic rings. The Balaban J connectivity index is 2.93. The molecular formula is C16H24O2. The Morgan fingerprint density at radius 1 is 1.33 bits per heavy atom. The van der Waals surface area contributed by atoms with Crippen LogP contribution in [0.2, 0.25) is 0 Å². The van der Waals surface area contributed by atoms with Crippen molar-refractivity contribution >= 4 is 5.97 Å². The van der Waals surface area contributed by atoms with Crippen LogP contribution in [0.25, 0.3) is 0 Å². The quantitative estimate of drug-likeness (QED) is 0.785. The first-order chi connectivity index (χ1) is 8.54. The van der Waals surface area contributed by atoms with Gasteiger partial charge in [0.2, 0.25) is 0 Å². The number of carboxylic acid groups (broad SMARTS) is 1. The average molecular weight is 248 g/mol. The third-order valence-electron chi connectivity index (χ3n) is 3.76. The topological polar surface area (TPSA) is 37.3 Å². The molecule has 0 bridgehead atoms. The maximum absolute atomic E-state index is 11.6. The van der Waals surface area contributed by atoms with Gasteiger partial charge in [-0.3, -0.25) is 4.79 Å². The molecule has 1 aromatic rings. The molecule has 2 heteroatoms. The maximum Gasteiger partial charge on any atom is 0.309 e. The molecule has 1 rings (SSSR count). The van der Waals surface area contributed by atoms with Crippen LogP contribution >= 0.6 is 0 Å². The number of rotatable bonds is 7. The molecule has 0 aliphatic carbocycles. The zero-order chi connectivity index (χ0) is 13.6. The Labute approximate surface area is 110 Å². The van der Waals surface area contributed by atoms with E-state index in [9.17, 15) is 9.90 Å². The molecule has 1 atom stereocenters. The third-order valence-corrected chi connectivity index (χ3v) is 3.76. The molecule has 0 fully saturated rings. The van der Waals surface area contributed by atoms with E-state index in [0.717, 1.165) is 24.8 Å². The van der Waals surface area contributed by atoms with E-state index in [2.05, 4.69) is 13.0 Å². The van der Waals surface area contributed by atoms with E-state index in [4.69, 9.17) is 0 Å². The highest BCUT2D eigenvalue weighted by Crippen LogP contribution is 2.33. The summed E-state index contributed by atoms with van der Waals surface area (Å²) in [6, 6.07) is 8.18. The summed E-state index contributed by atoms with van der Waals surface area (Å²) in [6.07, 6.45) is 4.12. The molecule has 0 heterocycles. The van der Waals surface area contributed by atoms with Crippen LogP contribution in [-0.4, -0.2) is 11.1 Å². The molecule has 0 aliphatic heterocycles. The number of benzene rings is 1. The van der Waals surface area contributed by atoms with Crippen LogP contribution in [0.1, 0.15) is 50.7 Å². The number of carboxylic acids is 1. The summed E-state index contributed by atoms with van der Waals surface area (Å²) in [6.45, 7) is 6.14. The van der Waals surface area contributed by atoms with Gasteiger partial charge < -0.3 is 5.11 Å². The summed E-state index contributed by atoms with van der Waals surface area (Å²) in [4.78, 5) is 11.6. The van der Waals surface area contributed by atoms with Gasteiger partial charge in [0, 0.05) is 0 Å². The lowest BCUT2D eigenvalue weighted by atomic mass is 9.75. The van der Waals surface area contributed by atoms with Gasteiger partial charge in [0.1, 0.15) is 0 Å². The smallest absolute Gasteiger partial charge is 0.309 e. The van der Waals surface area contributed by atoms with Crippen molar-refractivity contribution in [3.8, 4) is 0 Å². The first kappa shape index (κ1) is 14.7. The lowest BCUT2D eigenvalue weighted by Gasteiger charge is -2.28. The highest BCUT2D eigenvalue weighted by Gasteiger charge is 2.35. The van der Waals surface area contributed by atoms with Crippen molar-refractivity contribution in [1.82, 2.24) is 0 Å². The van der Waals surface area contributed by atoms with Gasteiger partial charge >= 0.3 is 5.97 Å². The van der Waals surface area contributed by atoms with Crippen molar-refractivity contribution < 1.29 is 9.90 Å². The van der Waals surface area contributed by atoms with Crippen molar-refractivity contribution in [2.24, 2.45) is 5.41 Å². The number of hydrogen-bond donors (Lipinski definition) is 1. The summed E-state index contributed by atoms with van der Waals surface area (Å²) in [7, 11) is 0. The fourth-order valence-electron chi connectivity index (χ4n) is 2.45. The van der Waals surface area contributed by atoms with Gasteiger partial charge in [-0.25, -0.2) is 0 Å². The minimum Gasteiger partial charge on any atom is -0.481 e. The van der Waals surface area contributed by atoms with Gasteiger partial charge in [0.15, 0.2) is 0 Å². The van der Waals surface area contributed by atoms with E-state index in [-0.39, 0.29) is 0 Å². The van der Waals surface area contributed by atoms with Gasteiger partial charge in [0.25, 0.3) is 0 Å².